The summed E-state index contributed by atoms with van der Waals surface area (Å²) >= 11 is 5.87. The lowest BCUT2D eigenvalue weighted by Crippen LogP contribution is -2.19. The Morgan fingerprint density at radius 2 is 2.26 bits per heavy atom. The molecular weight excluding hydrogens is 276 g/mol. The number of hydrogen-bond donors (Lipinski definition) is 1. The first-order chi connectivity index (χ1) is 9.03. The van der Waals surface area contributed by atoms with Gasteiger partial charge in [0.15, 0.2) is 0 Å². The first kappa shape index (κ1) is 12.5. The molecule has 1 fully saturated rings. The van der Waals surface area contributed by atoms with Crippen LogP contribution in [-0.2, 0) is 0 Å². The van der Waals surface area contributed by atoms with Gasteiger partial charge in [-0.05, 0) is 12.1 Å². The van der Waals surface area contributed by atoms with Crippen LogP contribution in [0.3, 0.4) is 0 Å². The topological polar surface area (TPSA) is 51.0 Å². The normalized spacial score (nSPS) is 21.7. The number of alkyl halides is 2. The minimum atomic E-state index is -2.73. The summed E-state index contributed by atoms with van der Waals surface area (Å²) in [6.45, 7) is -0.369. The molecule has 0 bridgehead atoms. The average molecular weight is 286 g/mol. The van der Waals surface area contributed by atoms with E-state index in [4.69, 9.17) is 16.1 Å². The third-order valence-electron chi connectivity index (χ3n) is 2.93. The zero-order chi connectivity index (χ0) is 13.5. The van der Waals surface area contributed by atoms with Crippen molar-refractivity contribution < 1.29 is 13.3 Å². The molecule has 0 saturated carbocycles. The summed E-state index contributed by atoms with van der Waals surface area (Å²) in [5, 5.41) is 7.01. The quantitative estimate of drug-likeness (QED) is 0.921. The fraction of sp³-hybridized carbons (Fsp3) is 0.333. The van der Waals surface area contributed by atoms with Gasteiger partial charge in [-0.3, -0.25) is 5.32 Å². The number of nitrogens with one attached hydrogen (secondary N) is 1. The Bertz CT molecular complexity index is 602. The summed E-state index contributed by atoms with van der Waals surface area (Å²) in [7, 11) is 0. The number of hydrogen-bond acceptors (Lipinski definition) is 4. The molecule has 2 aromatic rings. The van der Waals surface area contributed by atoms with E-state index in [9.17, 15) is 8.78 Å². The Morgan fingerprint density at radius 3 is 2.95 bits per heavy atom. The number of rotatable bonds is 2. The van der Waals surface area contributed by atoms with Crippen molar-refractivity contribution in [2.75, 3.05) is 6.54 Å². The molecule has 1 saturated heterocycles. The summed E-state index contributed by atoms with van der Waals surface area (Å²) in [6, 6.07) is 6.35. The molecule has 100 valence electrons. The van der Waals surface area contributed by atoms with Crippen molar-refractivity contribution in [1.82, 2.24) is 15.5 Å². The van der Waals surface area contributed by atoms with Gasteiger partial charge < -0.3 is 4.52 Å². The number of nitrogens with zero attached hydrogens (tertiary/aromatic N) is 2. The van der Waals surface area contributed by atoms with Crippen molar-refractivity contribution >= 4 is 11.6 Å². The standard InChI is InChI=1S/C12H10ClF2N3O/c13-8-3-1-2-7(4-8)10-17-11(19-18-10)9-5-12(14,15)6-16-9/h1-4,9,16H,5-6H2. The SMILES string of the molecule is FC1(F)CNC(c2nc(-c3cccc(Cl)c3)no2)C1. The van der Waals surface area contributed by atoms with E-state index in [-0.39, 0.29) is 18.9 Å². The number of benzene rings is 1. The highest BCUT2D eigenvalue weighted by Gasteiger charge is 2.42. The van der Waals surface area contributed by atoms with Crippen LogP contribution in [0.2, 0.25) is 5.02 Å². The summed E-state index contributed by atoms with van der Waals surface area (Å²) in [5.41, 5.74) is 0.687. The Kier molecular flexibility index (Phi) is 2.99. The van der Waals surface area contributed by atoms with Crippen LogP contribution in [0.1, 0.15) is 18.4 Å². The Balaban J connectivity index is 1.84. The van der Waals surface area contributed by atoms with E-state index < -0.39 is 12.0 Å². The van der Waals surface area contributed by atoms with Gasteiger partial charge in [0.1, 0.15) is 0 Å². The van der Waals surface area contributed by atoms with Gasteiger partial charge in [-0.1, -0.05) is 28.9 Å². The molecule has 2 heterocycles. The third-order valence-corrected chi connectivity index (χ3v) is 3.17. The molecule has 0 spiro atoms. The first-order valence-electron chi connectivity index (χ1n) is 5.74. The molecule has 1 aliphatic heterocycles. The zero-order valence-electron chi connectivity index (χ0n) is 9.74. The maximum absolute atomic E-state index is 13.1. The van der Waals surface area contributed by atoms with Crippen LogP contribution >= 0.6 is 11.6 Å². The minimum Gasteiger partial charge on any atom is -0.337 e. The molecule has 19 heavy (non-hydrogen) atoms. The van der Waals surface area contributed by atoms with Crippen LogP contribution < -0.4 is 5.32 Å². The molecule has 1 atom stereocenters. The van der Waals surface area contributed by atoms with E-state index in [0.717, 1.165) is 0 Å². The lowest BCUT2D eigenvalue weighted by molar-refractivity contribution is 0.0200. The monoisotopic (exact) mass is 285 g/mol. The molecule has 0 aliphatic carbocycles. The van der Waals surface area contributed by atoms with Gasteiger partial charge in [-0.2, -0.15) is 4.98 Å². The van der Waals surface area contributed by atoms with E-state index in [0.29, 0.717) is 16.4 Å². The van der Waals surface area contributed by atoms with E-state index in [1.165, 1.54) is 0 Å². The van der Waals surface area contributed by atoms with E-state index >= 15 is 0 Å². The lowest BCUT2D eigenvalue weighted by Gasteiger charge is -2.04. The van der Waals surface area contributed by atoms with Gasteiger partial charge in [0, 0.05) is 17.0 Å². The van der Waals surface area contributed by atoms with Gasteiger partial charge >= 0.3 is 0 Å². The summed E-state index contributed by atoms with van der Waals surface area (Å²) in [5.74, 6) is -2.21. The third kappa shape index (κ3) is 2.59. The maximum Gasteiger partial charge on any atom is 0.262 e. The van der Waals surface area contributed by atoms with Gasteiger partial charge in [-0.15, -0.1) is 0 Å². The molecule has 7 heteroatoms. The Morgan fingerprint density at radius 1 is 1.42 bits per heavy atom. The fourth-order valence-electron chi connectivity index (χ4n) is 2.01. The highest BCUT2D eigenvalue weighted by molar-refractivity contribution is 6.30. The highest BCUT2D eigenvalue weighted by Crippen LogP contribution is 2.33. The van der Waals surface area contributed by atoms with Crippen molar-refractivity contribution in [3.05, 3.63) is 35.2 Å². The molecule has 1 aromatic carbocycles. The van der Waals surface area contributed by atoms with Crippen LogP contribution in [-0.4, -0.2) is 22.6 Å². The van der Waals surface area contributed by atoms with Crippen molar-refractivity contribution in [3.63, 3.8) is 0 Å². The van der Waals surface area contributed by atoms with E-state index in [1.807, 2.05) is 0 Å². The highest BCUT2D eigenvalue weighted by atomic mass is 35.5. The maximum atomic E-state index is 13.1. The molecule has 1 unspecified atom stereocenters. The number of halogens is 3. The van der Waals surface area contributed by atoms with Crippen molar-refractivity contribution in [3.8, 4) is 11.4 Å². The molecule has 0 amide bonds. The second kappa shape index (κ2) is 4.54. The Hall–Kier alpha value is -1.53. The van der Waals surface area contributed by atoms with Gasteiger partial charge in [0.2, 0.25) is 11.7 Å². The van der Waals surface area contributed by atoms with E-state index in [1.54, 1.807) is 24.3 Å². The van der Waals surface area contributed by atoms with Gasteiger partial charge in [-0.25, -0.2) is 8.78 Å². The minimum absolute atomic E-state index is 0.173. The second-order valence-corrected chi connectivity index (χ2v) is 4.90. The van der Waals surface area contributed by atoms with Crippen molar-refractivity contribution in [2.45, 2.75) is 18.4 Å². The molecule has 0 radical (unpaired) electrons. The van der Waals surface area contributed by atoms with Crippen LogP contribution in [0.4, 0.5) is 8.78 Å². The predicted molar refractivity (Wildman–Crippen MR) is 65.1 cm³/mol. The summed E-state index contributed by atoms with van der Waals surface area (Å²) < 4.78 is 31.2. The zero-order valence-corrected chi connectivity index (χ0v) is 10.5. The lowest BCUT2D eigenvalue weighted by atomic mass is 10.2. The van der Waals surface area contributed by atoms with Gasteiger partial charge in [0.25, 0.3) is 5.92 Å². The molecule has 1 N–H and O–H groups in total. The molecule has 1 aliphatic rings. The van der Waals surface area contributed by atoms with Crippen LogP contribution in [0.15, 0.2) is 28.8 Å². The molecule has 3 rings (SSSR count). The van der Waals surface area contributed by atoms with Crippen molar-refractivity contribution in [2.24, 2.45) is 0 Å². The predicted octanol–water partition coefficient (Wildman–Crippen LogP) is 3.06. The summed E-state index contributed by atoms with van der Waals surface area (Å²) in [4.78, 5) is 4.14. The van der Waals surface area contributed by atoms with E-state index in [2.05, 4.69) is 15.5 Å². The average Bonchev–Trinajstić information content (AvgIpc) is 2.95. The van der Waals surface area contributed by atoms with Crippen molar-refractivity contribution in [1.29, 1.82) is 0 Å². The van der Waals surface area contributed by atoms with Gasteiger partial charge in [0.05, 0.1) is 12.6 Å². The molecule has 4 nitrogen and oxygen atoms in total. The van der Waals surface area contributed by atoms with Crippen LogP contribution in [0, 0.1) is 0 Å². The smallest absolute Gasteiger partial charge is 0.262 e. The molecular formula is C12H10ClF2N3O. The Labute approximate surface area is 112 Å². The number of aromatic nitrogens is 2. The first-order valence-corrected chi connectivity index (χ1v) is 6.12. The second-order valence-electron chi connectivity index (χ2n) is 4.46. The largest absolute Gasteiger partial charge is 0.337 e. The summed E-state index contributed by atoms with van der Waals surface area (Å²) in [6.07, 6.45) is -0.329. The fourth-order valence-corrected chi connectivity index (χ4v) is 2.20. The molecule has 1 aromatic heterocycles. The van der Waals surface area contributed by atoms with Crippen LogP contribution in [0.25, 0.3) is 11.4 Å². The van der Waals surface area contributed by atoms with Crippen LogP contribution in [0.5, 0.6) is 0 Å².